The van der Waals surface area contributed by atoms with E-state index in [0.717, 1.165) is 3.79 Å². The third-order valence-electron chi connectivity index (χ3n) is 2.58. The first-order chi connectivity index (χ1) is 9.06. The molecule has 0 aliphatic rings. The minimum atomic E-state index is -0.623. The summed E-state index contributed by atoms with van der Waals surface area (Å²) in [6.07, 6.45) is 0. The van der Waals surface area contributed by atoms with E-state index in [0.29, 0.717) is 18.7 Å². The van der Waals surface area contributed by atoms with Crippen LogP contribution in [0.3, 0.4) is 0 Å². The van der Waals surface area contributed by atoms with Gasteiger partial charge in [-0.15, -0.1) is 11.3 Å². The lowest BCUT2D eigenvalue weighted by molar-refractivity contribution is 0.1000. The summed E-state index contributed by atoms with van der Waals surface area (Å²) in [6.45, 7) is 1.08. The largest absolute Gasteiger partial charge is 0.366 e. The third kappa shape index (κ3) is 3.86. The molecule has 0 aliphatic heterocycles. The maximum atomic E-state index is 13.7. The van der Waals surface area contributed by atoms with Gasteiger partial charge in [-0.2, -0.15) is 0 Å². The van der Waals surface area contributed by atoms with Crippen LogP contribution in [0.1, 0.15) is 20.8 Å². The van der Waals surface area contributed by atoms with Crippen molar-refractivity contribution >= 4 is 33.2 Å². The molecule has 6 heteroatoms. The number of benzene rings is 1. The molecule has 0 spiro atoms. The second-order valence-electron chi connectivity index (χ2n) is 3.98. The zero-order valence-corrected chi connectivity index (χ0v) is 12.4. The van der Waals surface area contributed by atoms with Crippen LogP contribution in [0.5, 0.6) is 0 Å². The maximum absolute atomic E-state index is 13.7. The van der Waals surface area contributed by atoms with Crippen molar-refractivity contribution in [2.75, 3.05) is 0 Å². The minimum Gasteiger partial charge on any atom is -0.366 e. The van der Waals surface area contributed by atoms with E-state index in [1.54, 1.807) is 17.4 Å². The highest BCUT2D eigenvalue weighted by Crippen LogP contribution is 2.21. The normalized spacial score (nSPS) is 10.6. The first-order valence-corrected chi connectivity index (χ1v) is 7.20. The lowest BCUT2D eigenvalue weighted by Crippen LogP contribution is -2.15. The van der Waals surface area contributed by atoms with Gasteiger partial charge >= 0.3 is 0 Å². The molecule has 0 unspecified atom stereocenters. The molecule has 1 heterocycles. The van der Waals surface area contributed by atoms with Crippen molar-refractivity contribution in [1.82, 2.24) is 5.32 Å². The average molecular weight is 343 g/mol. The zero-order valence-electron chi connectivity index (χ0n) is 9.95. The highest BCUT2D eigenvalue weighted by atomic mass is 79.9. The van der Waals surface area contributed by atoms with E-state index in [4.69, 9.17) is 5.73 Å². The van der Waals surface area contributed by atoms with Gasteiger partial charge in [0.05, 0.1) is 3.79 Å². The molecule has 1 amide bonds. The summed E-state index contributed by atoms with van der Waals surface area (Å²) >= 11 is 5.02. The number of halogens is 2. The Morgan fingerprint density at radius 3 is 2.68 bits per heavy atom. The number of nitrogens with one attached hydrogen (secondary N) is 1. The molecule has 2 aromatic rings. The second kappa shape index (κ2) is 6.27. The number of hydrogen-bond donors (Lipinski definition) is 2. The van der Waals surface area contributed by atoms with Crippen LogP contribution in [0.2, 0.25) is 0 Å². The summed E-state index contributed by atoms with van der Waals surface area (Å²) in [5, 5.41) is 3.15. The first kappa shape index (κ1) is 14.2. The molecule has 0 saturated carbocycles. The van der Waals surface area contributed by atoms with E-state index in [2.05, 4.69) is 21.2 Å². The molecule has 1 aromatic carbocycles. The summed E-state index contributed by atoms with van der Waals surface area (Å²) in [4.78, 5) is 12.1. The number of rotatable bonds is 5. The molecule has 100 valence electrons. The minimum absolute atomic E-state index is 0.184. The molecule has 0 atom stereocenters. The van der Waals surface area contributed by atoms with Crippen LogP contribution in [-0.4, -0.2) is 5.91 Å². The molecule has 3 nitrogen and oxygen atoms in total. The second-order valence-corrected chi connectivity index (χ2v) is 6.53. The highest BCUT2D eigenvalue weighted by Gasteiger charge is 2.07. The van der Waals surface area contributed by atoms with Gasteiger partial charge in [0.1, 0.15) is 5.82 Å². The standard InChI is InChI=1S/C13H12BrFN2OS/c14-12-4-3-10(19-12)7-17-6-9-2-1-8(13(16)18)5-11(9)15/h1-5,17H,6-7H2,(H2,16,18). The van der Waals surface area contributed by atoms with Crippen LogP contribution >= 0.6 is 27.3 Å². The van der Waals surface area contributed by atoms with Gasteiger partial charge < -0.3 is 11.1 Å². The Balaban J connectivity index is 1.94. The van der Waals surface area contributed by atoms with Crippen LogP contribution in [0.15, 0.2) is 34.1 Å². The smallest absolute Gasteiger partial charge is 0.248 e. The van der Waals surface area contributed by atoms with E-state index in [1.165, 1.54) is 17.0 Å². The Morgan fingerprint density at radius 2 is 2.11 bits per heavy atom. The summed E-state index contributed by atoms with van der Waals surface area (Å²) in [6, 6.07) is 8.26. The Labute approximate surface area is 122 Å². The van der Waals surface area contributed by atoms with Crippen molar-refractivity contribution in [3.8, 4) is 0 Å². The molecular weight excluding hydrogens is 331 g/mol. The fraction of sp³-hybridized carbons (Fsp3) is 0.154. The van der Waals surface area contributed by atoms with E-state index in [1.807, 2.05) is 12.1 Å². The Kier molecular flexibility index (Phi) is 4.68. The number of thiophene rings is 1. The summed E-state index contributed by atoms with van der Waals surface area (Å²) in [5.74, 6) is -1.04. The molecule has 0 aliphatic carbocycles. The van der Waals surface area contributed by atoms with Gasteiger partial charge in [0.15, 0.2) is 0 Å². The van der Waals surface area contributed by atoms with Crippen molar-refractivity contribution in [3.63, 3.8) is 0 Å². The van der Waals surface area contributed by atoms with E-state index in [9.17, 15) is 9.18 Å². The van der Waals surface area contributed by atoms with Gasteiger partial charge in [0.2, 0.25) is 5.91 Å². The fourth-order valence-corrected chi connectivity index (χ4v) is 3.06. The fourth-order valence-electron chi connectivity index (χ4n) is 1.61. The van der Waals surface area contributed by atoms with E-state index in [-0.39, 0.29) is 5.56 Å². The van der Waals surface area contributed by atoms with Gasteiger partial charge in [-0.05, 0) is 40.2 Å². The van der Waals surface area contributed by atoms with Crippen molar-refractivity contribution in [2.45, 2.75) is 13.1 Å². The summed E-state index contributed by atoms with van der Waals surface area (Å²) < 4.78 is 14.8. The van der Waals surface area contributed by atoms with Gasteiger partial charge in [0, 0.05) is 29.1 Å². The van der Waals surface area contributed by atoms with Gasteiger partial charge in [0.25, 0.3) is 0 Å². The Morgan fingerprint density at radius 1 is 1.32 bits per heavy atom. The third-order valence-corrected chi connectivity index (χ3v) is 4.20. The predicted molar refractivity (Wildman–Crippen MR) is 77.5 cm³/mol. The molecule has 0 radical (unpaired) electrons. The van der Waals surface area contributed by atoms with Gasteiger partial charge in [-0.3, -0.25) is 4.79 Å². The quantitative estimate of drug-likeness (QED) is 0.877. The predicted octanol–water partition coefficient (Wildman–Crippen LogP) is 3.04. The Bertz CT molecular complexity index is 600. The van der Waals surface area contributed by atoms with Crippen molar-refractivity contribution in [1.29, 1.82) is 0 Å². The Hall–Kier alpha value is -1.24. The monoisotopic (exact) mass is 342 g/mol. The number of carbonyl (C=O) groups is 1. The van der Waals surface area contributed by atoms with Crippen molar-refractivity contribution in [3.05, 3.63) is 55.9 Å². The van der Waals surface area contributed by atoms with Crippen molar-refractivity contribution in [2.24, 2.45) is 5.73 Å². The number of nitrogens with two attached hydrogens (primary N) is 1. The first-order valence-electron chi connectivity index (χ1n) is 5.59. The van der Waals surface area contributed by atoms with Crippen LogP contribution in [0, 0.1) is 5.82 Å². The van der Waals surface area contributed by atoms with Gasteiger partial charge in [-0.1, -0.05) is 6.07 Å². The average Bonchev–Trinajstić information content (AvgIpc) is 2.77. The van der Waals surface area contributed by atoms with Crippen LogP contribution in [-0.2, 0) is 13.1 Å². The molecule has 0 saturated heterocycles. The topological polar surface area (TPSA) is 55.1 Å². The zero-order chi connectivity index (χ0) is 13.8. The number of carbonyl (C=O) groups excluding carboxylic acids is 1. The van der Waals surface area contributed by atoms with Gasteiger partial charge in [-0.25, -0.2) is 4.39 Å². The summed E-state index contributed by atoms with van der Waals surface area (Å²) in [5.41, 5.74) is 5.79. The highest BCUT2D eigenvalue weighted by molar-refractivity contribution is 9.11. The van der Waals surface area contributed by atoms with Crippen molar-refractivity contribution < 1.29 is 9.18 Å². The summed E-state index contributed by atoms with van der Waals surface area (Å²) in [7, 11) is 0. The maximum Gasteiger partial charge on any atom is 0.248 e. The molecular formula is C13H12BrFN2OS. The molecule has 0 fully saturated rings. The van der Waals surface area contributed by atoms with E-state index < -0.39 is 11.7 Å². The SMILES string of the molecule is NC(=O)c1ccc(CNCc2ccc(Br)s2)c(F)c1. The number of hydrogen-bond acceptors (Lipinski definition) is 3. The molecule has 1 aromatic heterocycles. The van der Waals surface area contributed by atoms with Crippen LogP contribution in [0.25, 0.3) is 0 Å². The lowest BCUT2D eigenvalue weighted by atomic mass is 10.1. The molecule has 19 heavy (non-hydrogen) atoms. The molecule has 2 rings (SSSR count). The number of primary amides is 1. The number of amides is 1. The lowest BCUT2D eigenvalue weighted by Gasteiger charge is -2.06. The molecule has 0 bridgehead atoms. The molecule has 3 N–H and O–H groups in total. The van der Waals surface area contributed by atoms with E-state index >= 15 is 0 Å². The van der Waals surface area contributed by atoms with Crippen LogP contribution in [0.4, 0.5) is 4.39 Å². The van der Waals surface area contributed by atoms with Crippen LogP contribution < -0.4 is 11.1 Å².